The summed E-state index contributed by atoms with van der Waals surface area (Å²) in [5.74, 6) is 0.572. The molecule has 0 unspecified atom stereocenters. The molecule has 0 bridgehead atoms. The van der Waals surface area contributed by atoms with Crippen LogP contribution in [0.25, 0.3) is 0 Å². The van der Waals surface area contributed by atoms with Gasteiger partial charge in [0.25, 0.3) is 5.91 Å². The molecule has 0 atom stereocenters. The Morgan fingerprint density at radius 1 is 1.43 bits per heavy atom. The predicted molar refractivity (Wildman–Crippen MR) is 90.6 cm³/mol. The molecule has 21 heavy (non-hydrogen) atoms. The number of aromatic nitrogens is 1. The minimum Gasteiger partial charge on any atom is -0.384 e. The number of rotatable bonds is 4. The molecule has 2 aromatic heterocycles. The molecule has 6 heteroatoms. The number of hydrogen-bond donors (Lipinski definition) is 1. The number of nitrogens with two attached hydrogens (primary N) is 1. The van der Waals surface area contributed by atoms with Gasteiger partial charge < -0.3 is 10.6 Å². The zero-order valence-corrected chi connectivity index (χ0v) is 14.7. The van der Waals surface area contributed by atoms with E-state index in [4.69, 9.17) is 5.73 Å². The Labute approximate surface area is 137 Å². The summed E-state index contributed by atoms with van der Waals surface area (Å²) in [6, 6.07) is 5.48. The molecular formula is C15H18BrN3OS. The molecule has 0 aromatic carbocycles. The highest BCUT2D eigenvalue weighted by Gasteiger charge is 2.15. The van der Waals surface area contributed by atoms with Crippen LogP contribution in [-0.4, -0.2) is 22.8 Å². The Morgan fingerprint density at radius 2 is 2.14 bits per heavy atom. The number of hydrogen-bond acceptors (Lipinski definition) is 4. The molecule has 0 fully saturated rings. The number of anilines is 1. The van der Waals surface area contributed by atoms with Gasteiger partial charge in [-0.05, 0) is 51.0 Å². The van der Waals surface area contributed by atoms with Crippen LogP contribution in [0.3, 0.4) is 0 Å². The molecule has 2 heterocycles. The van der Waals surface area contributed by atoms with Crippen LogP contribution in [0.5, 0.6) is 0 Å². The Bertz CT molecular complexity index is 654. The van der Waals surface area contributed by atoms with E-state index in [0.717, 1.165) is 15.0 Å². The third kappa shape index (κ3) is 4.04. The van der Waals surface area contributed by atoms with Crippen molar-refractivity contribution in [2.24, 2.45) is 0 Å². The van der Waals surface area contributed by atoms with E-state index >= 15 is 0 Å². The molecule has 0 saturated carbocycles. The van der Waals surface area contributed by atoms with Gasteiger partial charge in [-0.15, -0.1) is 11.3 Å². The first-order valence-electron chi connectivity index (χ1n) is 6.62. The zero-order valence-electron chi connectivity index (χ0n) is 12.3. The van der Waals surface area contributed by atoms with Crippen molar-refractivity contribution in [3.05, 3.63) is 44.2 Å². The van der Waals surface area contributed by atoms with Crippen molar-refractivity contribution in [2.75, 3.05) is 12.8 Å². The molecule has 2 N–H and O–H groups in total. The number of nitrogen functional groups attached to an aromatic ring is 1. The Hall–Kier alpha value is -1.40. The fourth-order valence-electron chi connectivity index (χ4n) is 1.99. The highest BCUT2D eigenvalue weighted by atomic mass is 79.9. The molecule has 0 spiro atoms. The first-order valence-corrected chi connectivity index (χ1v) is 8.30. The maximum atomic E-state index is 12.5. The number of thiophene rings is 1. The van der Waals surface area contributed by atoms with Gasteiger partial charge in [-0.1, -0.05) is 13.8 Å². The lowest BCUT2D eigenvalue weighted by molar-refractivity contribution is 0.0785. The maximum absolute atomic E-state index is 12.5. The average Bonchev–Trinajstić information content (AvgIpc) is 2.82. The molecule has 2 aromatic rings. The summed E-state index contributed by atoms with van der Waals surface area (Å²) < 4.78 is 1.06. The smallest absolute Gasteiger partial charge is 0.254 e. The Morgan fingerprint density at radius 3 is 2.71 bits per heavy atom. The van der Waals surface area contributed by atoms with Crippen molar-refractivity contribution in [1.29, 1.82) is 0 Å². The summed E-state index contributed by atoms with van der Waals surface area (Å²) in [5, 5.41) is 2.04. The van der Waals surface area contributed by atoms with Crippen LogP contribution in [0.2, 0.25) is 0 Å². The van der Waals surface area contributed by atoms with Crippen LogP contribution in [0.15, 0.2) is 27.4 Å². The van der Waals surface area contributed by atoms with Gasteiger partial charge >= 0.3 is 0 Å². The van der Waals surface area contributed by atoms with Crippen LogP contribution in [0, 0.1) is 0 Å². The van der Waals surface area contributed by atoms with Gasteiger partial charge in [0.1, 0.15) is 5.82 Å². The first kappa shape index (κ1) is 16.0. The van der Waals surface area contributed by atoms with E-state index in [1.54, 1.807) is 29.4 Å². The van der Waals surface area contributed by atoms with E-state index in [0.29, 0.717) is 17.9 Å². The number of carbonyl (C=O) groups excluding carboxylic acids is 1. The molecule has 1 amide bonds. The van der Waals surface area contributed by atoms with Crippen molar-refractivity contribution in [3.63, 3.8) is 0 Å². The lowest BCUT2D eigenvalue weighted by Gasteiger charge is -2.17. The number of carbonyl (C=O) groups is 1. The molecule has 2 rings (SSSR count). The molecule has 0 aliphatic heterocycles. The molecule has 0 aliphatic rings. The molecule has 4 nitrogen and oxygen atoms in total. The summed E-state index contributed by atoms with van der Waals surface area (Å²) in [5.41, 5.74) is 8.33. The van der Waals surface area contributed by atoms with Gasteiger partial charge in [-0.25, -0.2) is 4.98 Å². The van der Waals surface area contributed by atoms with E-state index in [1.165, 1.54) is 0 Å². The number of pyridine rings is 1. The summed E-state index contributed by atoms with van der Waals surface area (Å²) in [7, 11) is 1.79. The van der Waals surface area contributed by atoms with Crippen molar-refractivity contribution in [1.82, 2.24) is 9.88 Å². The summed E-state index contributed by atoms with van der Waals surface area (Å²) in [4.78, 5) is 18.5. The van der Waals surface area contributed by atoms with Crippen molar-refractivity contribution < 1.29 is 4.79 Å². The second-order valence-corrected chi connectivity index (χ2v) is 7.57. The van der Waals surface area contributed by atoms with Gasteiger partial charge in [0.2, 0.25) is 0 Å². The van der Waals surface area contributed by atoms with Gasteiger partial charge in [0.05, 0.1) is 3.79 Å². The zero-order chi connectivity index (χ0) is 15.6. The van der Waals surface area contributed by atoms with Crippen molar-refractivity contribution in [3.8, 4) is 0 Å². The summed E-state index contributed by atoms with van der Waals surface area (Å²) >= 11 is 5.04. The average molecular weight is 368 g/mol. The Kier molecular flexibility index (Phi) is 5.00. The molecule has 112 valence electrons. The maximum Gasteiger partial charge on any atom is 0.254 e. The first-order chi connectivity index (χ1) is 9.86. The van der Waals surface area contributed by atoms with Gasteiger partial charge in [0, 0.05) is 24.8 Å². The van der Waals surface area contributed by atoms with E-state index in [9.17, 15) is 4.79 Å². The van der Waals surface area contributed by atoms with E-state index in [1.807, 2.05) is 31.4 Å². The van der Waals surface area contributed by atoms with Gasteiger partial charge in [0.15, 0.2) is 0 Å². The molecule has 0 saturated heterocycles. The van der Waals surface area contributed by atoms with Crippen LogP contribution in [0.4, 0.5) is 5.82 Å². The van der Waals surface area contributed by atoms with E-state index < -0.39 is 0 Å². The van der Waals surface area contributed by atoms with Crippen molar-refractivity contribution in [2.45, 2.75) is 26.3 Å². The predicted octanol–water partition coefficient (Wildman–Crippen LogP) is 3.88. The quantitative estimate of drug-likeness (QED) is 0.891. The fraction of sp³-hybridized carbons (Fsp3) is 0.333. The minimum absolute atomic E-state index is 0.0478. The second-order valence-electron chi connectivity index (χ2n) is 5.28. The summed E-state index contributed by atoms with van der Waals surface area (Å²) in [6.45, 7) is 4.63. The number of halogens is 1. The van der Waals surface area contributed by atoms with Gasteiger partial charge in [-0.3, -0.25) is 4.79 Å². The largest absolute Gasteiger partial charge is 0.384 e. The van der Waals surface area contributed by atoms with E-state index in [2.05, 4.69) is 20.9 Å². The molecular weight excluding hydrogens is 350 g/mol. The lowest BCUT2D eigenvalue weighted by Crippen LogP contribution is -2.26. The monoisotopic (exact) mass is 367 g/mol. The SMILES string of the molecule is CC(C)c1cc(C(=O)N(C)Cc2csc(Br)c2)cc(N)n1. The summed E-state index contributed by atoms with van der Waals surface area (Å²) in [6.07, 6.45) is 0. The van der Waals surface area contributed by atoms with Crippen LogP contribution >= 0.6 is 27.3 Å². The normalized spacial score (nSPS) is 10.9. The fourth-order valence-corrected chi connectivity index (χ4v) is 3.19. The Balaban J connectivity index is 2.19. The van der Waals surface area contributed by atoms with Crippen LogP contribution in [-0.2, 0) is 6.54 Å². The number of nitrogens with zero attached hydrogens (tertiary/aromatic N) is 2. The standard InChI is InChI=1S/C15H18BrN3OS/c1-9(2)12-5-11(6-14(17)18-12)15(20)19(3)7-10-4-13(16)21-8-10/h4-6,8-9H,7H2,1-3H3,(H2,17,18). The number of amides is 1. The third-order valence-corrected chi connectivity index (χ3v) is 4.64. The minimum atomic E-state index is -0.0478. The highest BCUT2D eigenvalue weighted by molar-refractivity contribution is 9.11. The lowest BCUT2D eigenvalue weighted by atomic mass is 10.1. The van der Waals surface area contributed by atoms with Crippen molar-refractivity contribution >= 4 is 39.0 Å². The molecule has 0 aliphatic carbocycles. The second kappa shape index (κ2) is 6.58. The van der Waals surface area contributed by atoms with Gasteiger partial charge in [-0.2, -0.15) is 0 Å². The highest BCUT2D eigenvalue weighted by Crippen LogP contribution is 2.22. The molecule has 0 radical (unpaired) electrons. The van der Waals surface area contributed by atoms with Crippen LogP contribution in [0.1, 0.15) is 41.4 Å². The van der Waals surface area contributed by atoms with Crippen LogP contribution < -0.4 is 5.73 Å². The van der Waals surface area contributed by atoms with E-state index in [-0.39, 0.29) is 11.8 Å². The third-order valence-electron chi connectivity index (χ3n) is 3.09. The topological polar surface area (TPSA) is 59.2 Å².